The summed E-state index contributed by atoms with van der Waals surface area (Å²) >= 11 is 0. The Morgan fingerprint density at radius 1 is 1.33 bits per heavy atom. The quantitative estimate of drug-likeness (QED) is 0.516. The van der Waals surface area contributed by atoms with Crippen LogP contribution in [-0.4, -0.2) is 18.9 Å². The van der Waals surface area contributed by atoms with Crippen molar-refractivity contribution in [3.05, 3.63) is 17.4 Å². The molecule has 0 radical (unpaired) electrons. The summed E-state index contributed by atoms with van der Waals surface area (Å²) in [5.41, 5.74) is 3.81. The van der Waals surface area contributed by atoms with Crippen LogP contribution in [0.4, 0.5) is 0 Å². The molecule has 0 heterocycles. The molecule has 4 heteroatoms. The third-order valence-electron chi connectivity index (χ3n) is 1.73. The smallest absolute Gasteiger partial charge is 0.308 e. The molecule has 0 amide bonds. The first kappa shape index (κ1) is 14.7. The van der Waals surface area contributed by atoms with E-state index in [4.69, 9.17) is 9.05 Å². The van der Waals surface area contributed by atoms with Crippen LogP contribution >= 0.6 is 7.60 Å². The average Bonchev–Trinajstić information content (AvgIpc) is 2.14. The monoisotopic (exact) mass is 232 g/mol. The van der Waals surface area contributed by atoms with Gasteiger partial charge in [-0.25, -0.2) is 0 Å². The molecule has 0 aromatic rings. The molecule has 3 nitrogen and oxygen atoms in total. The number of allylic oxidation sites excluding steroid dienone is 1. The Balaban J connectivity index is 4.77. The number of hydrogen-bond acceptors (Lipinski definition) is 3. The van der Waals surface area contributed by atoms with Gasteiger partial charge in [0.15, 0.2) is 0 Å². The van der Waals surface area contributed by atoms with Crippen LogP contribution < -0.4 is 0 Å². The van der Waals surface area contributed by atoms with Crippen LogP contribution in [0.3, 0.4) is 0 Å². The molecule has 1 atom stereocenters. The van der Waals surface area contributed by atoms with Crippen LogP contribution in [0.15, 0.2) is 17.4 Å². The lowest BCUT2D eigenvalue weighted by Gasteiger charge is -2.20. The fraction of sp³-hybridized carbons (Fsp3) is 0.727. The van der Waals surface area contributed by atoms with E-state index in [9.17, 15) is 4.57 Å². The van der Waals surface area contributed by atoms with Gasteiger partial charge in [0.2, 0.25) is 0 Å². The molecule has 0 aliphatic rings. The van der Waals surface area contributed by atoms with Gasteiger partial charge in [0.1, 0.15) is 0 Å². The molecule has 0 bridgehead atoms. The van der Waals surface area contributed by atoms with E-state index in [1.54, 1.807) is 6.08 Å². The van der Waals surface area contributed by atoms with Crippen molar-refractivity contribution >= 4 is 7.60 Å². The van der Waals surface area contributed by atoms with E-state index in [1.807, 2.05) is 34.6 Å². The summed E-state index contributed by atoms with van der Waals surface area (Å²) in [4.78, 5) is 0. The fourth-order valence-electron chi connectivity index (χ4n) is 1.01. The minimum Gasteiger partial charge on any atom is -0.308 e. The van der Waals surface area contributed by atoms with Crippen molar-refractivity contribution < 1.29 is 13.6 Å². The van der Waals surface area contributed by atoms with Crippen molar-refractivity contribution in [2.45, 2.75) is 40.3 Å². The highest BCUT2D eigenvalue weighted by Crippen LogP contribution is 2.53. The Hall–Kier alpha value is -0.330. The highest BCUT2D eigenvalue weighted by atomic mass is 31.2. The van der Waals surface area contributed by atoms with Gasteiger partial charge in [-0.3, -0.25) is 4.57 Å². The van der Waals surface area contributed by atoms with Gasteiger partial charge in [-0.05, 0) is 46.3 Å². The summed E-state index contributed by atoms with van der Waals surface area (Å²) in [6.45, 7) is 10.1. The Kier molecular flexibility index (Phi) is 6.87. The summed E-state index contributed by atoms with van der Waals surface area (Å²) in [6, 6.07) is 0. The van der Waals surface area contributed by atoms with Crippen LogP contribution in [0.1, 0.15) is 34.6 Å². The Morgan fingerprint density at radius 3 is 2.13 bits per heavy atom. The molecule has 0 fully saturated rings. The summed E-state index contributed by atoms with van der Waals surface area (Å²) in [5, 5.41) is 0. The molecule has 0 N–H and O–H groups in total. The second-order valence-corrected chi connectivity index (χ2v) is 5.84. The molecule has 0 aliphatic carbocycles. The van der Waals surface area contributed by atoms with Crippen molar-refractivity contribution in [1.82, 2.24) is 0 Å². The normalized spacial score (nSPS) is 13.1. The van der Waals surface area contributed by atoms with Crippen molar-refractivity contribution in [3.63, 3.8) is 0 Å². The first-order valence-corrected chi connectivity index (χ1v) is 6.86. The van der Waals surface area contributed by atoms with E-state index in [-0.39, 0.29) is 5.66 Å². The third-order valence-corrected chi connectivity index (χ3v) is 4.11. The van der Waals surface area contributed by atoms with Gasteiger partial charge < -0.3 is 9.05 Å². The molecule has 1 unspecified atom stereocenters. The molecular weight excluding hydrogens is 211 g/mol. The second kappa shape index (κ2) is 7.03. The average molecular weight is 232 g/mol. The molecule has 0 rings (SSSR count). The van der Waals surface area contributed by atoms with E-state index in [0.717, 1.165) is 5.57 Å². The van der Waals surface area contributed by atoms with Crippen LogP contribution in [0, 0.1) is 0 Å². The highest BCUT2D eigenvalue weighted by molar-refractivity contribution is 7.54. The van der Waals surface area contributed by atoms with E-state index in [1.165, 1.54) is 0 Å². The maximum Gasteiger partial charge on any atom is 0.337 e. The van der Waals surface area contributed by atoms with Gasteiger partial charge in [-0.2, -0.15) is 0 Å². The lowest BCUT2D eigenvalue weighted by molar-refractivity contribution is 0.216. The number of hydrogen-bond donors (Lipinski definition) is 0. The molecular formula is C11H21O3P. The van der Waals surface area contributed by atoms with E-state index >= 15 is 0 Å². The Bertz CT molecular complexity index is 276. The Labute approximate surface area is 92.7 Å². The van der Waals surface area contributed by atoms with Crippen LogP contribution in [0.5, 0.6) is 0 Å². The summed E-state index contributed by atoms with van der Waals surface area (Å²) in [5.74, 6) is 0. The van der Waals surface area contributed by atoms with Crippen LogP contribution in [0.25, 0.3) is 0 Å². The zero-order valence-corrected chi connectivity index (χ0v) is 11.1. The predicted molar refractivity (Wildman–Crippen MR) is 63.3 cm³/mol. The van der Waals surface area contributed by atoms with E-state index in [0.29, 0.717) is 13.2 Å². The zero-order valence-electron chi connectivity index (χ0n) is 10.2. The largest absolute Gasteiger partial charge is 0.337 e. The standard InChI is InChI=1S/C11H21O3P/c1-6-13-15(12,14-7-2)11(5)9-8-10(3)4/h9,11H,6-7H2,1-5H3. The second-order valence-electron chi connectivity index (χ2n) is 3.43. The molecule has 0 aromatic carbocycles. The van der Waals surface area contributed by atoms with Gasteiger partial charge in [-0.1, -0.05) is 0 Å². The van der Waals surface area contributed by atoms with Crippen molar-refractivity contribution in [2.75, 3.05) is 13.2 Å². The zero-order chi connectivity index (χ0) is 11.9. The fourth-order valence-corrected chi connectivity index (χ4v) is 2.53. The van der Waals surface area contributed by atoms with E-state index in [2.05, 4.69) is 5.73 Å². The van der Waals surface area contributed by atoms with Gasteiger partial charge in [0.25, 0.3) is 0 Å². The molecule has 0 aliphatic heterocycles. The number of rotatable bonds is 6. The first-order chi connectivity index (χ1) is 6.96. The highest BCUT2D eigenvalue weighted by Gasteiger charge is 2.29. The van der Waals surface area contributed by atoms with Gasteiger partial charge in [0.05, 0.1) is 18.9 Å². The minimum absolute atomic E-state index is 0.257. The van der Waals surface area contributed by atoms with Crippen molar-refractivity contribution in [2.24, 2.45) is 0 Å². The Morgan fingerprint density at radius 2 is 1.80 bits per heavy atom. The molecule has 88 valence electrons. The summed E-state index contributed by atoms with van der Waals surface area (Å²) in [6.07, 6.45) is 1.75. The maximum absolute atomic E-state index is 12.2. The maximum atomic E-state index is 12.2. The molecule has 0 aromatic heterocycles. The van der Waals surface area contributed by atoms with Gasteiger partial charge in [-0.15, -0.1) is 5.73 Å². The first-order valence-electron chi connectivity index (χ1n) is 5.25. The molecule has 0 saturated heterocycles. The minimum atomic E-state index is -3.00. The summed E-state index contributed by atoms with van der Waals surface area (Å²) in [7, 11) is -3.00. The van der Waals surface area contributed by atoms with Gasteiger partial charge in [0, 0.05) is 0 Å². The lowest BCUT2D eigenvalue weighted by atomic mass is 10.3. The third kappa shape index (κ3) is 5.34. The van der Waals surface area contributed by atoms with Crippen molar-refractivity contribution in [1.29, 1.82) is 0 Å². The van der Waals surface area contributed by atoms with Crippen LogP contribution in [-0.2, 0) is 13.6 Å². The molecule has 0 saturated carbocycles. The van der Waals surface area contributed by atoms with Gasteiger partial charge >= 0.3 is 7.60 Å². The molecule has 0 spiro atoms. The van der Waals surface area contributed by atoms with Crippen molar-refractivity contribution in [3.8, 4) is 0 Å². The predicted octanol–water partition coefficient (Wildman–Crippen LogP) is 3.76. The topological polar surface area (TPSA) is 35.5 Å². The lowest BCUT2D eigenvalue weighted by Crippen LogP contribution is -2.06. The molecule has 15 heavy (non-hydrogen) atoms. The van der Waals surface area contributed by atoms with E-state index < -0.39 is 7.60 Å². The summed E-state index contributed by atoms with van der Waals surface area (Å²) < 4.78 is 22.6. The SMILES string of the molecule is CCOP(=O)(OCC)C(C)C=C=C(C)C. The van der Waals surface area contributed by atoms with Crippen LogP contribution in [0.2, 0.25) is 0 Å².